The highest BCUT2D eigenvalue weighted by atomic mass is 79.9. The van der Waals surface area contributed by atoms with Gasteiger partial charge in [0, 0.05) is 10.5 Å². The molecule has 0 aliphatic heterocycles. The predicted octanol–water partition coefficient (Wildman–Crippen LogP) is 4.95. The molecule has 2 nitrogen and oxygen atoms in total. The van der Waals surface area contributed by atoms with Gasteiger partial charge in [-0.2, -0.15) is 0 Å². The quantitative estimate of drug-likeness (QED) is 0.827. The molecule has 1 rings (SSSR count). The minimum absolute atomic E-state index is 0.127. The second-order valence-electron chi connectivity index (χ2n) is 3.85. The first kappa shape index (κ1) is 15.1. The molecular formula is C12H15BrF3NO. The molecule has 1 aromatic carbocycles. The van der Waals surface area contributed by atoms with Crippen molar-refractivity contribution < 1.29 is 17.9 Å². The zero-order chi connectivity index (χ0) is 13.8. The summed E-state index contributed by atoms with van der Waals surface area (Å²) in [5.41, 5.74) is 0.351. The lowest BCUT2D eigenvalue weighted by Gasteiger charge is -2.20. The van der Waals surface area contributed by atoms with Crippen LogP contribution < -0.4 is 10.1 Å². The van der Waals surface area contributed by atoms with Crippen LogP contribution in [0, 0.1) is 0 Å². The molecule has 0 atom stereocenters. The molecule has 6 heteroatoms. The van der Waals surface area contributed by atoms with Gasteiger partial charge >= 0.3 is 6.36 Å². The second-order valence-corrected chi connectivity index (χ2v) is 4.76. The Bertz CT molecular complexity index is 391. The lowest BCUT2D eigenvalue weighted by atomic mass is 10.1. The van der Waals surface area contributed by atoms with Crippen LogP contribution in [0.3, 0.4) is 0 Å². The number of hydrogen-bond acceptors (Lipinski definition) is 2. The van der Waals surface area contributed by atoms with E-state index in [1.165, 1.54) is 6.07 Å². The zero-order valence-corrected chi connectivity index (χ0v) is 11.7. The summed E-state index contributed by atoms with van der Waals surface area (Å²) in [4.78, 5) is 0. The topological polar surface area (TPSA) is 21.3 Å². The second kappa shape index (κ2) is 6.31. The number of nitrogens with one attached hydrogen (secondary N) is 1. The van der Waals surface area contributed by atoms with Crippen molar-refractivity contribution in [1.29, 1.82) is 0 Å². The van der Waals surface area contributed by atoms with Crippen LogP contribution in [0.1, 0.15) is 26.7 Å². The average Bonchev–Trinajstić information content (AvgIpc) is 2.26. The molecule has 102 valence electrons. The third-order valence-electron chi connectivity index (χ3n) is 2.51. The van der Waals surface area contributed by atoms with Gasteiger partial charge in [-0.05, 0) is 31.0 Å². The lowest BCUT2D eigenvalue weighted by Crippen LogP contribution is -2.21. The van der Waals surface area contributed by atoms with E-state index in [1.54, 1.807) is 12.1 Å². The summed E-state index contributed by atoms with van der Waals surface area (Å²) in [7, 11) is 0. The summed E-state index contributed by atoms with van der Waals surface area (Å²) in [6.45, 7) is 3.95. The molecule has 0 bridgehead atoms. The number of hydrogen-bond donors (Lipinski definition) is 1. The van der Waals surface area contributed by atoms with Crippen LogP contribution in [-0.2, 0) is 0 Å². The highest BCUT2D eigenvalue weighted by Gasteiger charge is 2.32. The first-order valence-corrected chi connectivity index (χ1v) is 6.46. The summed E-state index contributed by atoms with van der Waals surface area (Å²) in [5.74, 6) is -0.219. The van der Waals surface area contributed by atoms with E-state index in [0.717, 1.165) is 12.8 Å². The van der Waals surface area contributed by atoms with Crippen molar-refractivity contribution in [2.45, 2.75) is 39.1 Å². The number of anilines is 1. The Morgan fingerprint density at radius 2 is 1.89 bits per heavy atom. The third-order valence-corrected chi connectivity index (χ3v) is 3.01. The maximum atomic E-state index is 12.3. The Labute approximate surface area is 113 Å². The predicted molar refractivity (Wildman–Crippen MR) is 68.8 cm³/mol. The summed E-state index contributed by atoms with van der Waals surface area (Å²) in [5, 5.41) is 3.05. The molecule has 0 aromatic heterocycles. The molecule has 1 aromatic rings. The Hall–Kier alpha value is -0.910. The minimum Gasteiger partial charge on any atom is -0.404 e. The molecule has 0 saturated carbocycles. The van der Waals surface area contributed by atoms with Crippen LogP contribution in [0.4, 0.5) is 18.9 Å². The fraction of sp³-hybridized carbons (Fsp3) is 0.500. The van der Waals surface area contributed by atoms with E-state index in [0.29, 0.717) is 10.2 Å². The number of halogens is 4. The highest BCUT2D eigenvalue weighted by molar-refractivity contribution is 9.10. The van der Waals surface area contributed by atoms with Gasteiger partial charge in [-0.3, -0.25) is 0 Å². The minimum atomic E-state index is -4.69. The number of rotatable bonds is 5. The lowest BCUT2D eigenvalue weighted by molar-refractivity contribution is -0.274. The van der Waals surface area contributed by atoms with Crippen molar-refractivity contribution in [1.82, 2.24) is 0 Å². The average molecular weight is 326 g/mol. The van der Waals surface area contributed by atoms with E-state index in [9.17, 15) is 13.2 Å². The smallest absolute Gasteiger partial charge is 0.404 e. The van der Waals surface area contributed by atoms with Gasteiger partial charge in [-0.15, -0.1) is 13.2 Å². The molecule has 0 aliphatic rings. The molecular weight excluding hydrogens is 311 g/mol. The van der Waals surface area contributed by atoms with E-state index < -0.39 is 6.36 Å². The Morgan fingerprint density at radius 3 is 2.39 bits per heavy atom. The maximum absolute atomic E-state index is 12.3. The van der Waals surface area contributed by atoms with E-state index in [1.807, 2.05) is 13.8 Å². The van der Waals surface area contributed by atoms with Gasteiger partial charge in [0.1, 0.15) is 0 Å². The van der Waals surface area contributed by atoms with Gasteiger partial charge in [0.2, 0.25) is 0 Å². The Balaban J connectivity index is 2.96. The van der Waals surface area contributed by atoms with Gasteiger partial charge in [0.25, 0.3) is 0 Å². The number of ether oxygens (including phenoxy) is 1. The SMILES string of the molecule is CCC(CC)Nc1ccc(Br)cc1OC(F)(F)F. The van der Waals surface area contributed by atoms with Crippen molar-refractivity contribution in [3.8, 4) is 5.75 Å². The van der Waals surface area contributed by atoms with Crippen molar-refractivity contribution in [2.24, 2.45) is 0 Å². The van der Waals surface area contributed by atoms with Crippen LogP contribution in [0.5, 0.6) is 5.75 Å². The van der Waals surface area contributed by atoms with Crippen molar-refractivity contribution in [3.63, 3.8) is 0 Å². The normalized spacial score (nSPS) is 11.7. The number of benzene rings is 1. The largest absolute Gasteiger partial charge is 0.573 e. The van der Waals surface area contributed by atoms with E-state index in [4.69, 9.17) is 0 Å². The van der Waals surface area contributed by atoms with E-state index in [2.05, 4.69) is 26.0 Å². The fourth-order valence-corrected chi connectivity index (χ4v) is 1.88. The molecule has 1 N–H and O–H groups in total. The summed E-state index contributed by atoms with van der Waals surface area (Å²) in [6.07, 6.45) is -3.03. The molecule has 0 spiro atoms. The monoisotopic (exact) mass is 325 g/mol. The van der Waals surface area contributed by atoms with Crippen molar-refractivity contribution >= 4 is 21.6 Å². The van der Waals surface area contributed by atoms with Gasteiger partial charge in [-0.1, -0.05) is 29.8 Å². The van der Waals surface area contributed by atoms with E-state index in [-0.39, 0.29) is 11.8 Å². The standard InChI is InChI=1S/C12H15BrF3NO/c1-3-9(4-2)17-10-6-5-8(13)7-11(10)18-12(14,15)16/h5-7,9,17H,3-4H2,1-2H3. The molecule has 0 aliphatic carbocycles. The molecule has 0 fully saturated rings. The van der Waals surface area contributed by atoms with Gasteiger partial charge in [0.05, 0.1) is 5.69 Å². The maximum Gasteiger partial charge on any atom is 0.573 e. The van der Waals surface area contributed by atoms with Crippen LogP contribution in [-0.4, -0.2) is 12.4 Å². The molecule has 0 unspecified atom stereocenters. The van der Waals surface area contributed by atoms with E-state index >= 15 is 0 Å². The molecule has 0 radical (unpaired) electrons. The van der Waals surface area contributed by atoms with Crippen molar-refractivity contribution in [3.05, 3.63) is 22.7 Å². The number of alkyl halides is 3. The molecule has 0 heterocycles. The first-order valence-electron chi connectivity index (χ1n) is 5.67. The Morgan fingerprint density at radius 1 is 1.28 bits per heavy atom. The highest BCUT2D eigenvalue weighted by Crippen LogP contribution is 2.33. The third kappa shape index (κ3) is 4.76. The fourth-order valence-electron chi connectivity index (χ4n) is 1.54. The van der Waals surface area contributed by atoms with Crippen LogP contribution in [0.25, 0.3) is 0 Å². The van der Waals surface area contributed by atoms with Gasteiger partial charge in [-0.25, -0.2) is 0 Å². The van der Waals surface area contributed by atoms with Gasteiger partial charge in [0.15, 0.2) is 5.75 Å². The molecule has 0 saturated heterocycles. The zero-order valence-electron chi connectivity index (χ0n) is 10.1. The van der Waals surface area contributed by atoms with Crippen molar-refractivity contribution in [2.75, 3.05) is 5.32 Å². The van der Waals surface area contributed by atoms with Crippen LogP contribution in [0.2, 0.25) is 0 Å². The molecule has 18 heavy (non-hydrogen) atoms. The van der Waals surface area contributed by atoms with Crippen LogP contribution >= 0.6 is 15.9 Å². The first-order chi connectivity index (χ1) is 8.35. The van der Waals surface area contributed by atoms with Gasteiger partial charge < -0.3 is 10.1 Å². The molecule has 0 amide bonds. The summed E-state index contributed by atoms with van der Waals surface area (Å²) in [6, 6.07) is 4.68. The summed E-state index contributed by atoms with van der Waals surface area (Å²) < 4.78 is 41.4. The van der Waals surface area contributed by atoms with Crippen LogP contribution in [0.15, 0.2) is 22.7 Å². The Kier molecular flexibility index (Phi) is 5.31. The summed E-state index contributed by atoms with van der Waals surface area (Å²) >= 11 is 3.13.